The Balaban J connectivity index is 1.99. The standard InChI is InChI=1S/C10H13NO3/c12-7-9-4-3-8(14-9)6-11-5-1-2-10(11)13/h3-4,12H,1-2,5-7H2. The molecule has 1 saturated heterocycles. The molecule has 4 nitrogen and oxygen atoms in total. The lowest BCUT2D eigenvalue weighted by Gasteiger charge is -2.12. The van der Waals surface area contributed by atoms with Crippen LogP contribution in [0.5, 0.6) is 0 Å². The molecule has 1 fully saturated rings. The number of nitrogens with zero attached hydrogens (tertiary/aromatic N) is 1. The van der Waals surface area contributed by atoms with Crippen molar-refractivity contribution in [3.63, 3.8) is 0 Å². The summed E-state index contributed by atoms with van der Waals surface area (Å²) >= 11 is 0. The highest BCUT2D eigenvalue weighted by Gasteiger charge is 2.20. The van der Waals surface area contributed by atoms with Crippen LogP contribution in [0.1, 0.15) is 24.4 Å². The molecular weight excluding hydrogens is 182 g/mol. The van der Waals surface area contributed by atoms with Crippen LogP contribution in [0.25, 0.3) is 0 Å². The van der Waals surface area contributed by atoms with Crippen LogP contribution < -0.4 is 0 Å². The zero-order valence-corrected chi connectivity index (χ0v) is 7.90. The van der Waals surface area contributed by atoms with Crippen LogP contribution in [-0.2, 0) is 17.9 Å². The highest BCUT2D eigenvalue weighted by molar-refractivity contribution is 5.77. The zero-order valence-electron chi connectivity index (χ0n) is 7.90. The maximum Gasteiger partial charge on any atom is 0.223 e. The van der Waals surface area contributed by atoms with Gasteiger partial charge in [0.15, 0.2) is 0 Å². The number of carbonyl (C=O) groups excluding carboxylic acids is 1. The quantitative estimate of drug-likeness (QED) is 0.779. The molecule has 14 heavy (non-hydrogen) atoms. The number of aliphatic hydroxyl groups excluding tert-OH is 1. The van der Waals surface area contributed by atoms with Gasteiger partial charge in [-0.15, -0.1) is 0 Å². The Morgan fingerprint density at radius 3 is 2.79 bits per heavy atom. The molecule has 76 valence electrons. The molecule has 1 aromatic heterocycles. The summed E-state index contributed by atoms with van der Waals surface area (Å²) in [5.74, 6) is 1.47. The van der Waals surface area contributed by atoms with E-state index < -0.39 is 0 Å². The minimum atomic E-state index is -0.0893. The predicted octanol–water partition coefficient (Wildman–Crippen LogP) is 0.894. The van der Waals surface area contributed by atoms with Crippen LogP contribution >= 0.6 is 0 Å². The Hall–Kier alpha value is -1.29. The Labute approximate surface area is 82.1 Å². The summed E-state index contributed by atoms with van der Waals surface area (Å²) in [6, 6.07) is 3.53. The molecule has 0 aliphatic carbocycles. The molecule has 0 radical (unpaired) electrons. The Morgan fingerprint density at radius 1 is 1.43 bits per heavy atom. The molecule has 2 heterocycles. The van der Waals surface area contributed by atoms with Crippen LogP contribution in [0.3, 0.4) is 0 Å². The van der Waals surface area contributed by atoms with Gasteiger partial charge in [0.25, 0.3) is 0 Å². The third-order valence-electron chi connectivity index (χ3n) is 2.39. The summed E-state index contributed by atoms with van der Waals surface area (Å²) in [6.45, 7) is 1.25. The average molecular weight is 195 g/mol. The molecule has 2 rings (SSSR count). The van der Waals surface area contributed by atoms with E-state index in [0.29, 0.717) is 18.7 Å². The second-order valence-electron chi connectivity index (χ2n) is 3.44. The van der Waals surface area contributed by atoms with Crippen molar-refractivity contribution in [2.45, 2.75) is 26.0 Å². The Morgan fingerprint density at radius 2 is 2.21 bits per heavy atom. The predicted molar refractivity (Wildman–Crippen MR) is 49.3 cm³/mol. The first kappa shape index (κ1) is 9.27. The van der Waals surface area contributed by atoms with E-state index in [4.69, 9.17) is 9.52 Å². The van der Waals surface area contributed by atoms with Crippen molar-refractivity contribution in [3.8, 4) is 0 Å². The van der Waals surface area contributed by atoms with E-state index >= 15 is 0 Å². The lowest BCUT2D eigenvalue weighted by atomic mass is 10.4. The van der Waals surface area contributed by atoms with Gasteiger partial charge in [0.05, 0.1) is 6.54 Å². The van der Waals surface area contributed by atoms with E-state index in [-0.39, 0.29) is 12.5 Å². The van der Waals surface area contributed by atoms with Crippen molar-refractivity contribution in [2.75, 3.05) is 6.54 Å². The molecule has 0 atom stereocenters. The van der Waals surface area contributed by atoms with Gasteiger partial charge in [0.1, 0.15) is 18.1 Å². The molecule has 0 bridgehead atoms. The topological polar surface area (TPSA) is 53.7 Å². The summed E-state index contributed by atoms with van der Waals surface area (Å²) in [4.78, 5) is 13.1. The average Bonchev–Trinajstić information content (AvgIpc) is 2.77. The molecule has 0 spiro atoms. The molecule has 1 aliphatic rings. The normalized spacial score (nSPS) is 16.6. The molecule has 1 N–H and O–H groups in total. The summed E-state index contributed by atoms with van der Waals surface area (Å²) < 4.78 is 5.30. The first-order valence-electron chi connectivity index (χ1n) is 4.76. The fourth-order valence-corrected chi connectivity index (χ4v) is 1.65. The van der Waals surface area contributed by atoms with Crippen molar-refractivity contribution in [1.82, 2.24) is 4.90 Å². The number of carbonyl (C=O) groups is 1. The van der Waals surface area contributed by atoms with Crippen molar-refractivity contribution in [1.29, 1.82) is 0 Å². The summed E-state index contributed by atoms with van der Waals surface area (Å²) in [5, 5.41) is 8.79. The first-order valence-corrected chi connectivity index (χ1v) is 4.76. The molecule has 0 aromatic carbocycles. The van der Waals surface area contributed by atoms with Crippen molar-refractivity contribution in [3.05, 3.63) is 23.7 Å². The van der Waals surface area contributed by atoms with Crippen LogP contribution in [0.2, 0.25) is 0 Å². The van der Waals surface area contributed by atoms with Gasteiger partial charge in [-0.2, -0.15) is 0 Å². The highest BCUT2D eigenvalue weighted by atomic mass is 16.4. The first-order chi connectivity index (χ1) is 6.79. The number of furan rings is 1. The van der Waals surface area contributed by atoms with Gasteiger partial charge in [-0.05, 0) is 18.6 Å². The number of rotatable bonds is 3. The number of hydrogen-bond acceptors (Lipinski definition) is 3. The van der Waals surface area contributed by atoms with Crippen molar-refractivity contribution >= 4 is 5.91 Å². The van der Waals surface area contributed by atoms with Crippen LogP contribution in [0.15, 0.2) is 16.5 Å². The second kappa shape index (κ2) is 3.84. The largest absolute Gasteiger partial charge is 0.462 e. The number of hydrogen-bond donors (Lipinski definition) is 1. The Bertz CT molecular complexity index is 332. The number of aliphatic hydroxyl groups is 1. The van der Waals surface area contributed by atoms with E-state index in [1.54, 1.807) is 17.0 Å². The maximum absolute atomic E-state index is 11.3. The van der Waals surface area contributed by atoms with Gasteiger partial charge in [-0.3, -0.25) is 4.79 Å². The molecule has 0 unspecified atom stereocenters. The van der Waals surface area contributed by atoms with Crippen molar-refractivity contribution < 1.29 is 14.3 Å². The molecule has 0 saturated carbocycles. The fourth-order valence-electron chi connectivity index (χ4n) is 1.65. The molecule has 1 aromatic rings. The number of amides is 1. The molecule has 1 aliphatic heterocycles. The lowest BCUT2D eigenvalue weighted by molar-refractivity contribution is -0.128. The number of likely N-dealkylation sites (tertiary alicyclic amines) is 1. The van der Waals surface area contributed by atoms with Crippen LogP contribution in [0, 0.1) is 0 Å². The fraction of sp³-hybridized carbons (Fsp3) is 0.500. The maximum atomic E-state index is 11.3. The molecule has 1 amide bonds. The highest BCUT2D eigenvalue weighted by Crippen LogP contribution is 2.16. The van der Waals surface area contributed by atoms with Crippen LogP contribution in [-0.4, -0.2) is 22.5 Å². The smallest absolute Gasteiger partial charge is 0.223 e. The van der Waals surface area contributed by atoms with Crippen LogP contribution in [0.4, 0.5) is 0 Å². The third kappa shape index (κ3) is 1.80. The van der Waals surface area contributed by atoms with Gasteiger partial charge in [-0.1, -0.05) is 0 Å². The molecular formula is C10H13NO3. The summed E-state index contributed by atoms with van der Waals surface area (Å²) in [7, 11) is 0. The molecule has 4 heteroatoms. The van der Waals surface area contributed by atoms with Crippen molar-refractivity contribution in [2.24, 2.45) is 0 Å². The zero-order chi connectivity index (χ0) is 9.97. The van der Waals surface area contributed by atoms with Gasteiger partial charge in [-0.25, -0.2) is 0 Å². The lowest BCUT2D eigenvalue weighted by Crippen LogP contribution is -2.23. The minimum Gasteiger partial charge on any atom is -0.462 e. The van der Waals surface area contributed by atoms with Gasteiger partial charge in [0.2, 0.25) is 5.91 Å². The van der Waals surface area contributed by atoms with Gasteiger partial charge < -0.3 is 14.4 Å². The van der Waals surface area contributed by atoms with E-state index in [0.717, 1.165) is 18.7 Å². The monoisotopic (exact) mass is 195 g/mol. The van der Waals surface area contributed by atoms with E-state index in [1.807, 2.05) is 0 Å². The van der Waals surface area contributed by atoms with E-state index in [1.165, 1.54) is 0 Å². The Kier molecular flexibility index (Phi) is 2.54. The SMILES string of the molecule is O=C1CCCN1Cc1ccc(CO)o1. The van der Waals surface area contributed by atoms with E-state index in [9.17, 15) is 4.79 Å². The van der Waals surface area contributed by atoms with Gasteiger partial charge >= 0.3 is 0 Å². The van der Waals surface area contributed by atoms with Gasteiger partial charge in [0, 0.05) is 13.0 Å². The van der Waals surface area contributed by atoms with E-state index in [2.05, 4.69) is 0 Å². The minimum absolute atomic E-state index is 0.0893. The second-order valence-corrected chi connectivity index (χ2v) is 3.44. The summed E-state index contributed by atoms with van der Waals surface area (Å²) in [5.41, 5.74) is 0. The third-order valence-corrected chi connectivity index (χ3v) is 2.39. The summed E-state index contributed by atoms with van der Waals surface area (Å²) in [6.07, 6.45) is 1.58.